The van der Waals surface area contributed by atoms with Gasteiger partial charge in [-0.2, -0.15) is 0 Å². The molecule has 0 aromatic heterocycles. The van der Waals surface area contributed by atoms with Gasteiger partial charge < -0.3 is 10.1 Å². The van der Waals surface area contributed by atoms with Gasteiger partial charge in [0.1, 0.15) is 18.5 Å². The van der Waals surface area contributed by atoms with Crippen LogP contribution >= 0.6 is 11.6 Å². The highest BCUT2D eigenvalue weighted by Gasteiger charge is 2.23. The molecule has 2 rings (SSSR count). The predicted molar refractivity (Wildman–Crippen MR) is 53.1 cm³/mol. The summed E-state index contributed by atoms with van der Waals surface area (Å²) in [5.74, 6) is -0.672. The summed E-state index contributed by atoms with van der Waals surface area (Å²) in [4.78, 5) is 10.8. The molecule has 3 nitrogen and oxygen atoms in total. The van der Waals surface area contributed by atoms with Crippen molar-refractivity contribution in [3.05, 3.63) is 34.6 Å². The summed E-state index contributed by atoms with van der Waals surface area (Å²) in [5, 5.41) is 2.67. The second-order valence-corrected chi connectivity index (χ2v) is 3.65. The molecule has 1 heterocycles. The second kappa shape index (κ2) is 4.16. The van der Waals surface area contributed by atoms with Crippen molar-refractivity contribution in [1.82, 2.24) is 5.32 Å². The van der Waals surface area contributed by atoms with Gasteiger partial charge in [-0.05, 0) is 6.07 Å². The fourth-order valence-corrected chi connectivity index (χ4v) is 1.64. The van der Waals surface area contributed by atoms with Crippen molar-refractivity contribution in [2.24, 2.45) is 0 Å². The normalized spacial score (nSPS) is 21.2. The van der Waals surface area contributed by atoms with Crippen LogP contribution in [0.1, 0.15) is 11.7 Å². The van der Waals surface area contributed by atoms with E-state index in [1.165, 1.54) is 6.07 Å². The van der Waals surface area contributed by atoms with E-state index in [-0.39, 0.29) is 24.1 Å². The van der Waals surface area contributed by atoms with E-state index < -0.39 is 11.9 Å². The largest absolute Gasteiger partial charge is 0.362 e. The average Bonchev–Trinajstić information content (AvgIpc) is 2.24. The Hall–Kier alpha value is -1.13. The fraction of sp³-hybridized carbons (Fsp3) is 0.300. The molecule has 0 aliphatic carbocycles. The highest BCUT2D eigenvalue weighted by atomic mass is 35.5. The summed E-state index contributed by atoms with van der Waals surface area (Å²) in [5.41, 5.74) is 0.377. The van der Waals surface area contributed by atoms with Crippen molar-refractivity contribution < 1.29 is 13.9 Å². The van der Waals surface area contributed by atoms with Gasteiger partial charge in [-0.3, -0.25) is 4.79 Å². The van der Waals surface area contributed by atoms with Crippen LogP contribution in [0.15, 0.2) is 18.2 Å². The van der Waals surface area contributed by atoms with E-state index in [0.717, 1.165) is 0 Å². The molecule has 0 bridgehead atoms. The number of morpholine rings is 1. The monoisotopic (exact) mass is 229 g/mol. The van der Waals surface area contributed by atoms with E-state index >= 15 is 0 Å². The number of amides is 1. The number of carbonyl (C=O) groups is 1. The van der Waals surface area contributed by atoms with E-state index in [1.54, 1.807) is 12.1 Å². The van der Waals surface area contributed by atoms with Crippen LogP contribution < -0.4 is 5.32 Å². The molecule has 0 saturated carbocycles. The third-order valence-electron chi connectivity index (χ3n) is 2.23. The van der Waals surface area contributed by atoms with E-state index in [4.69, 9.17) is 16.3 Å². The van der Waals surface area contributed by atoms with Gasteiger partial charge in [-0.15, -0.1) is 0 Å². The molecule has 1 N–H and O–H groups in total. The predicted octanol–water partition coefficient (Wildman–Crippen LogP) is 1.67. The van der Waals surface area contributed by atoms with Gasteiger partial charge >= 0.3 is 0 Å². The molecule has 0 unspecified atom stereocenters. The first-order valence-corrected chi connectivity index (χ1v) is 4.88. The van der Waals surface area contributed by atoms with Crippen LogP contribution in [0.4, 0.5) is 4.39 Å². The summed E-state index contributed by atoms with van der Waals surface area (Å²) in [7, 11) is 0. The minimum Gasteiger partial charge on any atom is -0.362 e. The molecule has 1 fully saturated rings. The number of hydrogen-bond acceptors (Lipinski definition) is 2. The lowest BCUT2D eigenvalue weighted by atomic mass is 10.1. The molecule has 1 saturated heterocycles. The third-order valence-corrected chi connectivity index (χ3v) is 2.52. The molecule has 1 aliphatic heterocycles. The second-order valence-electron chi connectivity index (χ2n) is 3.25. The number of benzene rings is 1. The van der Waals surface area contributed by atoms with Crippen LogP contribution in [0.25, 0.3) is 0 Å². The van der Waals surface area contributed by atoms with Gasteiger partial charge in [0, 0.05) is 12.1 Å². The van der Waals surface area contributed by atoms with Crippen LogP contribution in [0.5, 0.6) is 0 Å². The lowest BCUT2D eigenvalue weighted by molar-refractivity contribution is -0.133. The highest BCUT2D eigenvalue weighted by Crippen LogP contribution is 2.26. The van der Waals surface area contributed by atoms with Crippen LogP contribution in [0.3, 0.4) is 0 Å². The Morgan fingerprint density at radius 3 is 3.00 bits per heavy atom. The van der Waals surface area contributed by atoms with Crippen molar-refractivity contribution in [2.75, 3.05) is 13.2 Å². The standard InChI is InChI=1S/C10H9ClFNO2/c11-7-3-1-2-6(10(7)12)8-4-13-9(14)5-15-8/h1-3,8H,4-5H2,(H,13,14)/t8-/m1/s1. The van der Waals surface area contributed by atoms with Crippen LogP contribution in [-0.2, 0) is 9.53 Å². The number of rotatable bonds is 1. The molecule has 15 heavy (non-hydrogen) atoms. The van der Waals surface area contributed by atoms with Crippen molar-refractivity contribution in [3.8, 4) is 0 Å². The SMILES string of the molecule is O=C1CO[C@@H](c2cccc(Cl)c2F)CN1. The topological polar surface area (TPSA) is 38.3 Å². The van der Waals surface area contributed by atoms with E-state index in [1.807, 2.05) is 0 Å². The van der Waals surface area contributed by atoms with Gasteiger partial charge in [0.2, 0.25) is 5.91 Å². The smallest absolute Gasteiger partial charge is 0.246 e. The minimum absolute atomic E-state index is 0.0450. The average molecular weight is 230 g/mol. The summed E-state index contributed by atoms with van der Waals surface area (Å²) in [6.07, 6.45) is -0.457. The molecule has 0 spiro atoms. The van der Waals surface area contributed by atoms with Crippen molar-refractivity contribution >= 4 is 17.5 Å². The maximum absolute atomic E-state index is 13.6. The molecule has 1 atom stereocenters. The van der Waals surface area contributed by atoms with E-state index in [0.29, 0.717) is 5.56 Å². The first kappa shape index (κ1) is 10.4. The Morgan fingerprint density at radius 2 is 2.33 bits per heavy atom. The third kappa shape index (κ3) is 2.11. The first-order valence-electron chi connectivity index (χ1n) is 4.50. The van der Waals surface area contributed by atoms with Crippen molar-refractivity contribution in [3.63, 3.8) is 0 Å². The number of hydrogen-bond donors (Lipinski definition) is 1. The number of carbonyl (C=O) groups excluding carboxylic acids is 1. The van der Waals surface area contributed by atoms with Crippen molar-refractivity contribution in [1.29, 1.82) is 0 Å². The maximum Gasteiger partial charge on any atom is 0.246 e. The van der Waals surface area contributed by atoms with Crippen molar-refractivity contribution in [2.45, 2.75) is 6.10 Å². The minimum atomic E-state index is -0.486. The first-order chi connectivity index (χ1) is 7.18. The zero-order valence-electron chi connectivity index (χ0n) is 7.80. The summed E-state index contributed by atoms with van der Waals surface area (Å²) in [6, 6.07) is 4.73. The zero-order valence-corrected chi connectivity index (χ0v) is 8.55. The van der Waals surface area contributed by atoms with Gasteiger partial charge in [-0.25, -0.2) is 4.39 Å². The zero-order chi connectivity index (χ0) is 10.8. The van der Waals surface area contributed by atoms with Crippen LogP contribution in [-0.4, -0.2) is 19.1 Å². The maximum atomic E-state index is 13.6. The summed E-state index contributed by atoms with van der Waals surface area (Å²) in [6.45, 7) is 0.229. The fourth-order valence-electron chi connectivity index (χ4n) is 1.46. The molecule has 1 amide bonds. The van der Waals surface area contributed by atoms with Gasteiger partial charge in [0.15, 0.2) is 0 Å². The Kier molecular flexibility index (Phi) is 2.88. The summed E-state index contributed by atoms with van der Waals surface area (Å²) >= 11 is 5.64. The highest BCUT2D eigenvalue weighted by molar-refractivity contribution is 6.30. The molecule has 5 heteroatoms. The Labute approximate surface area is 91.2 Å². The summed E-state index contributed by atoms with van der Waals surface area (Å²) < 4.78 is 18.8. The molecule has 80 valence electrons. The van der Waals surface area contributed by atoms with Crippen LogP contribution in [0, 0.1) is 5.82 Å². The Bertz CT molecular complexity index is 387. The number of ether oxygens (including phenoxy) is 1. The van der Waals surface area contributed by atoms with E-state index in [2.05, 4.69) is 5.32 Å². The lowest BCUT2D eigenvalue weighted by Crippen LogP contribution is -2.38. The van der Waals surface area contributed by atoms with Gasteiger partial charge in [-0.1, -0.05) is 23.7 Å². The molecule has 1 aromatic carbocycles. The molecule has 0 radical (unpaired) electrons. The molecule has 1 aromatic rings. The van der Waals surface area contributed by atoms with Crippen LogP contribution in [0.2, 0.25) is 5.02 Å². The number of nitrogens with one attached hydrogen (secondary N) is 1. The molecular weight excluding hydrogens is 221 g/mol. The quantitative estimate of drug-likeness (QED) is 0.796. The Morgan fingerprint density at radius 1 is 1.53 bits per heavy atom. The molecule has 1 aliphatic rings. The lowest BCUT2D eigenvalue weighted by Gasteiger charge is -2.23. The van der Waals surface area contributed by atoms with Gasteiger partial charge in [0.25, 0.3) is 0 Å². The Balaban J connectivity index is 2.22. The van der Waals surface area contributed by atoms with E-state index in [9.17, 15) is 9.18 Å². The number of halogens is 2. The van der Waals surface area contributed by atoms with Gasteiger partial charge in [0.05, 0.1) is 5.02 Å². The molecular formula is C10H9ClFNO2.